The molecule has 1 aromatic carbocycles. The van der Waals surface area contributed by atoms with E-state index in [0.29, 0.717) is 18.2 Å². The van der Waals surface area contributed by atoms with E-state index in [4.69, 9.17) is 4.74 Å². The van der Waals surface area contributed by atoms with Crippen molar-refractivity contribution in [1.29, 1.82) is 0 Å². The molecule has 0 bridgehead atoms. The smallest absolute Gasteiger partial charge is 0.191 e. The minimum absolute atomic E-state index is 0.265. The van der Waals surface area contributed by atoms with E-state index in [1.54, 1.807) is 0 Å². The molecule has 0 radical (unpaired) electrons. The van der Waals surface area contributed by atoms with Crippen LogP contribution in [0.3, 0.4) is 0 Å². The van der Waals surface area contributed by atoms with Gasteiger partial charge in [0.05, 0.1) is 6.10 Å². The predicted molar refractivity (Wildman–Crippen MR) is 95.6 cm³/mol. The van der Waals surface area contributed by atoms with E-state index in [1.165, 1.54) is 30.2 Å². The highest BCUT2D eigenvalue weighted by atomic mass is 32.2. The molecular weight excluding hydrogens is 322 g/mol. The van der Waals surface area contributed by atoms with Crippen LogP contribution in [0.1, 0.15) is 30.1 Å². The molecule has 1 heterocycles. The van der Waals surface area contributed by atoms with Crippen LogP contribution in [0, 0.1) is 6.92 Å². The van der Waals surface area contributed by atoms with Crippen molar-refractivity contribution < 1.29 is 9.84 Å². The number of aromatic nitrogens is 3. The molecule has 0 aliphatic heterocycles. The van der Waals surface area contributed by atoms with Gasteiger partial charge in [0.15, 0.2) is 5.16 Å². The van der Waals surface area contributed by atoms with Gasteiger partial charge >= 0.3 is 0 Å². The van der Waals surface area contributed by atoms with E-state index in [2.05, 4.69) is 21.3 Å². The highest BCUT2D eigenvalue weighted by molar-refractivity contribution is 7.99. The topological polar surface area (TPSA) is 60.2 Å². The third-order valence-corrected chi connectivity index (χ3v) is 4.98. The first kappa shape index (κ1) is 17.0. The van der Waals surface area contributed by atoms with Gasteiger partial charge in [-0.15, -0.1) is 16.8 Å². The summed E-state index contributed by atoms with van der Waals surface area (Å²) in [6.07, 6.45) is 3.67. The number of aliphatic hydroxyl groups is 1. The Hall–Kier alpha value is -1.79. The highest BCUT2D eigenvalue weighted by Crippen LogP contribution is 2.40. The fraction of sp³-hybridized carbons (Fsp3) is 0.444. The van der Waals surface area contributed by atoms with E-state index in [9.17, 15) is 5.11 Å². The number of benzene rings is 1. The van der Waals surface area contributed by atoms with Gasteiger partial charge in [0.2, 0.25) is 0 Å². The Morgan fingerprint density at radius 3 is 2.79 bits per heavy atom. The first-order chi connectivity index (χ1) is 11.7. The van der Waals surface area contributed by atoms with Crippen molar-refractivity contribution in [3.63, 3.8) is 0 Å². The minimum Gasteiger partial charge on any atom is -0.491 e. The van der Waals surface area contributed by atoms with Crippen molar-refractivity contribution in [1.82, 2.24) is 14.8 Å². The zero-order chi connectivity index (χ0) is 16.9. The molecule has 3 rings (SSSR count). The largest absolute Gasteiger partial charge is 0.491 e. The van der Waals surface area contributed by atoms with E-state index >= 15 is 0 Å². The van der Waals surface area contributed by atoms with Crippen molar-refractivity contribution in [3.05, 3.63) is 48.3 Å². The molecule has 0 spiro atoms. The van der Waals surface area contributed by atoms with E-state index in [1.807, 2.05) is 37.3 Å². The number of nitrogens with zero attached hydrogens (tertiary/aromatic N) is 3. The standard InChI is InChI=1S/C18H23N3O2S/c1-3-10-21-17(14-6-7-14)19-20-18(21)24-12-15(22)11-23-16-8-4-13(2)5-9-16/h3-5,8-9,14-15,22H,1,6-7,10-12H2,2H3. The van der Waals surface area contributed by atoms with Crippen LogP contribution in [0.5, 0.6) is 5.75 Å². The van der Waals surface area contributed by atoms with Gasteiger partial charge in [-0.3, -0.25) is 0 Å². The maximum Gasteiger partial charge on any atom is 0.191 e. The molecule has 1 N–H and O–H groups in total. The van der Waals surface area contributed by atoms with Gasteiger partial charge < -0.3 is 14.4 Å². The molecule has 1 saturated carbocycles. The molecule has 1 unspecified atom stereocenters. The summed E-state index contributed by atoms with van der Waals surface area (Å²) < 4.78 is 7.72. The maximum atomic E-state index is 10.2. The lowest BCUT2D eigenvalue weighted by atomic mass is 10.2. The average molecular weight is 345 g/mol. The van der Waals surface area contributed by atoms with Crippen LogP contribution in [-0.4, -0.2) is 38.3 Å². The van der Waals surface area contributed by atoms with E-state index in [-0.39, 0.29) is 6.61 Å². The summed E-state index contributed by atoms with van der Waals surface area (Å²) in [5, 5.41) is 19.6. The summed E-state index contributed by atoms with van der Waals surface area (Å²) >= 11 is 1.51. The molecule has 1 aromatic heterocycles. The fourth-order valence-electron chi connectivity index (χ4n) is 2.40. The van der Waals surface area contributed by atoms with Crippen molar-refractivity contribution in [3.8, 4) is 5.75 Å². The monoisotopic (exact) mass is 345 g/mol. The van der Waals surface area contributed by atoms with Crippen LogP contribution in [0.15, 0.2) is 42.1 Å². The molecule has 128 valence electrons. The second kappa shape index (κ2) is 7.85. The van der Waals surface area contributed by atoms with Crippen LogP contribution in [0.2, 0.25) is 0 Å². The van der Waals surface area contributed by atoms with Crippen LogP contribution in [-0.2, 0) is 6.54 Å². The quantitative estimate of drug-likeness (QED) is 0.559. The lowest BCUT2D eigenvalue weighted by molar-refractivity contribution is 0.126. The first-order valence-electron chi connectivity index (χ1n) is 8.21. The molecule has 1 atom stereocenters. The highest BCUT2D eigenvalue weighted by Gasteiger charge is 2.30. The lowest BCUT2D eigenvalue weighted by Crippen LogP contribution is -2.20. The van der Waals surface area contributed by atoms with Crippen LogP contribution < -0.4 is 4.74 Å². The summed E-state index contributed by atoms with van der Waals surface area (Å²) in [5.41, 5.74) is 1.19. The summed E-state index contributed by atoms with van der Waals surface area (Å²) in [4.78, 5) is 0. The predicted octanol–water partition coefficient (Wildman–Crippen LogP) is 3.18. The van der Waals surface area contributed by atoms with Crippen molar-refractivity contribution >= 4 is 11.8 Å². The summed E-state index contributed by atoms with van der Waals surface area (Å²) in [7, 11) is 0. The summed E-state index contributed by atoms with van der Waals surface area (Å²) in [6, 6.07) is 7.82. The van der Waals surface area contributed by atoms with Gasteiger partial charge in [-0.1, -0.05) is 35.5 Å². The van der Waals surface area contributed by atoms with Crippen LogP contribution >= 0.6 is 11.8 Å². The third kappa shape index (κ3) is 4.39. The van der Waals surface area contributed by atoms with Crippen molar-refractivity contribution in [2.75, 3.05) is 12.4 Å². The van der Waals surface area contributed by atoms with Crippen LogP contribution in [0.4, 0.5) is 0 Å². The molecule has 2 aromatic rings. The number of hydrogen-bond acceptors (Lipinski definition) is 5. The maximum absolute atomic E-state index is 10.2. The Morgan fingerprint density at radius 2 is 2.12 bits per heavy atom. The Balaban J connectivity index is 1.51. The minimum atomic E-state index is -0.561. The number of ether oxygens (including phenoxy) is 1. The molecule has 5 nitrogen and oxygen atoms in total. The Bertz CT molecular complexity index is 680. The fourth-order valence-corrected chi connectivity index (χ4v) is 3.26. The number of rotatable bonds is 9. The van der Waals surface area contributed by atoms with Gasteiger partial charge in [0.1, 0.15) is 18.2 Å². The first-order valence-corrected chi connectivity index (χ1v) is 9.20. The SMILES string of the molecule is C=CCn1c(SCC(O)COc2ccc(C)cc2)nnc1C1CC1. The molecule has 0 amide bonds. The summed E-state index contributed by atoms with van der Waals surface area (Å²) in [5.74, 6) is 2.88. The molecule has 24 heavy (non-hydrogen) atoms. The van der Waals surface area contributed by atoms with Crippen LogP contribution in [0.25, 0.3) is 0 Å². The normalized spacial score (nSPS) is 15.2. The second-order valence-corrected chi connectivity index (χ2v) is 7.09. The Morgan fingerprint density at radius 1 is 1.38 bits per heavy atom. The molecule has 1 aliphatic rings. The van der Waals surface area contributed by atoms with E-state index < -0.39 is 6.10 Å². The van der Waals surface area contributed by atoms with Gasteiger partial charge in [-0.2, -0.15) is 0 Å². The van der Waals surface area contributed by atoms with Crippen molar-refractivity contribution in [2.45, 2.75) is 43.5 Å². The number of hydrogen-bond donors (Lipinski definition) is 1. The molecule has 6 heteroatoms. The zero-order valence-corrected chi connectivity index (χ0v) is 14.7. The van der Waals surface area contributed by atoms with Gasteiger partial charge in [0, 0.05) is 18.2 Å². The average Bonchev–Trinajstić information content (AvgIpc) is 3.35. The summed E-state index contributed by atoms with van der Waals surface area (Å²) in [6.45, 7) is 6.81. The zero-order valence-electron chi connectivity index (χ0n) is 13.9. The Labute approximate surface area is 146 Å². The number of aliphatic hydroxyl groups excluding tert-OH is 1. The number of aryl methyl sites for hydroxylation is 1. The number of allylic oxidation sites excluding steroid dienone is 1. The van der Waals surface area contributed by atoms with E-state index in [0.717, 1.165) is 16.7 Å². The Kier molecular flexibility index (Phi) is 5.58. The molecular formula is C18H23N3O2S. The third-order valence-electron chi connectivity index (χ3n) is 3.87. The molecule has 1 fully saturated rings. The second-order valence-electron chi connectivity index (χ2n) is 6.10. The molecule has 0 saturated heterocycles. The number of thioether (sulfide) groups is 1. The van der Waals surface area contributed by atoms with Gasteiger partial charge in [-0.25, -0.2) is 0 Å². The molecule has 1 aliphatic carbocycles. The lowest BCUT2D eigenvalue weighted by Gasteiger charge is -2.12. The van der Waals surface area contributed by atoms with Gasteiger partial charge in [0.25, 0.3) is 0 Å². The van der Waals surface area contributed by atoms with Crippen molar-refractivity contribution in [2.24, 2.45) is 0 Å². The van der Waals surface area contributed by atoms with Gasteiger partial charge in [-0.05, 0) is 31.9 Å².